The van der Waals surface area contributed by atoms with Crippen LogP contribution in [0.5, 0.6) is 0 Å². The quantitative estimate of drug-likeness (QED) is 0.374. The molecule has 4 heteroatoms. The van der Waals surface area contributed by atoms with Crippen LogP contribution in [0, 0.1) is 0 Å². The summed E-state index contributed by atoms with van der Waals surface area (Å²) in [6.07, 6.45) is 8.10. The summed E-state index contributed by atoms with van der Waals surface area (Å²) >= 11 is 0. The van der Waals surface area contributed by atoms with Crippen LogP contribution < -0.4 is 0 Å². The Bertz CT molecular complexity index is 201. The van der Waals surface area contributed by atoms with Crippen LogP contribution in [-0.4, -0.2) is 23.7 Å². The minimum Gasteiger partial charge on any atom is -0.391 e. The van der Waals surface area contributed by atoms with Crippen LogP contribution in [0.3, 0.4) is 0 Å². The van der Waals surface area contributed by atoms with E-state index in [9.17, 15) is 9.59 Å². The number of unbranched alkanes of at least 4 members (excludes halogenated alkanes) is 6. The number of carbonyl (C=O) groups is 2. The van der Waals surface area contributed by atoms with Gasteiger partial charge in [-0.05, 0) is 6.42 Å². The molecule has 0 aliphatic carbocycles. The van der Waals surface area contributed by atoms with Gasteiger partial charge in [-0.3, -0.25) is 4.79 Å². The average Bonchev–Trinajstić information content (AvgIpc) is 2.27. The number of rotatable bonds is 9. The zero-order chi connectivity index (χ0) is 12.2. The molecule has 0 bridgehead atoms. The molecule has 0 aliphatic rings. The van der Waals surface area contributed by atoms with E-state index >= 15 is 0 Å². The van der Waals surface area contributed by atoms with E-state index in [1.54, 1.807) is 0 Å². The zero-order valence-corrected chi connectivity index (χ0v) is 10.0. The minimum absolute atomic E-state index is 0.263. The lowest BCUT2D eigenvalue weighted by atomic mass is 10.1. The molecule has 0 saturated carbocycles. The summed E-state index contributed by atoms with van der Waals surface area (Å²) in [5.41, 5.74) is 0. The molecule has 0 fully saturated rings. The van der Waals surface area contributed by atoms with Gasteiger partial charge in [0, 0.05) is 6.42 Å². The molecule has 0 aromatic heterocycles. The lowest BCUT2D eigenvalue weighted by Gasteiger charge is -2.01. The molecule has 0 rings (SSSR count). The van der Waals surface area contributed by atoms with Crippen LogP contribution in [0.25, 0.3) is 0 Å². The predicted molar refractivity (Wildman–Crippen MR) is 60.8 cm³/mol. The van der Waals surface area contributed by atoms with Crippen molar-refractivity contribution in [1.82, 2.24) is 0 Å². The van der Waals surface area contributed by atoms with Gasteiger partial charge in [-0.1, -0.05) is 45.4 Å². The van der Waals surface area contributed by atoms with Crippen molar-refractivity contribution in [2.24, 2.45) is 0 Å². The Morgan fingerprint density at radius 3 is 2.06 bits per heavy atom. The van der Waals surface area contributed by atoms with Crippen LogP contribution in [0.15, 0.2) is 0 Å². The van der Waals surface area contributed by atoms with Crippen LogP contribution >= 0.6 is 0 Å². The molecule has 0 aromatic rings. The van der Waals surface area contributed by atoms with Crippen molar-refractivity contribution in [3.8, 4) is 0 Å². The SMILES string of the molecule is CCCCCCCCCC(=O)OC(=O)CO. The first-order chi connectivity index (χ1) is 7.70. The highest BCUT2D eigenvalue weighted by atomic mass is 16.6. The molecule has 1 N–H and O–H groups in total. The molecular weight excluding hydrogens is 208 g/mol. The van der Waals surface area contributed by atoms with Gasteiger partial charge in [-0.2, -0.15) is 0 Å². The van der Waals surface area contributed by atoms with E-state index in [0.717, 1.165) is 19.3 Å². The van der Waals surface area contributed by atoms with Crippen molar-refractivity contribution in [3.63, 3.8) is 0 Å². The minimum atomic E-state index is -0.868. The second-order valence-electron chi connectivity index (χ2n) is 3.88. The Morgan fingerprint density at radius 2 is 1.50 bits per heavy atom. The van der Waals surface area contributed by atoms with Gasteiger partial charge in [0.25, 0.3) is 0 Å². The van der Waals surface area contributed by atoms with Crippen molar-refractivity contribution in [3.05, 3.63) is 0 Å². The fourth-order valence-electron chi connectivity index (χ4n) is 1.44. The molecule has 94 valence electrons. The Kier molecular flexibility index (Phi) is 10.0. The summed E-state index contributed by atoms with van der Waals surface area (Å²) in [4.78, 5) is 21.5. The smallest absolute Gasteiger partial charge is 0.339 e. The van der Waals surface area contributed by atoms with Gasteiger partial charge < -0.3 is 9.84 Å². The highest BCUT2D eigenvalue weighted by Gasteiger charge is 2.08. The number of hydrogen-bond acceptors (Lipinski definition) is 4. The van der Waals surface area contributed by atoms with Crippen molar-refractivity contribution < 1.29 is 19.4 Å². The lowest BCUT2D eigenvalue weighted by molar-refractivity contribution is -0.161. The largest absolute Gasteiger partial charge is 0.391 e. The van der Waals surface area contributed by atoms with Gasteiger partial charge in [0.05, 0.1) is 0 Å². The molecule has 0 aliphatic heterocycles. The van der Waals surface area contributed by atoms with Crippen molar-refractivity contribution in [1.29, 1.82) is 0 Å². The van der Waals surface area contributed by atoms with Crippen molar-refractivity contribution >= 4 is 11.9 Å². The molecule has 0 radical (unpaired) electrons. The van der Waals surface area contributed by atoms with Gasteiger partial charge in [0.15, 0.2) is 0 Å². The maximum Gasteiger partial charge on any atom is 0.339 e. The first-order valence-corrected chi connectivity index (χ1v) is 6.05. The van der Waals surface area contributed by atoms with Crippen LogP contribution in [0.1, 0.15) is 58.3 Å². The van der Waals surface area contributed by atoms with E-state index < -0.39 is 18.5 Å². The summed E-state index contributed by atoms with van der Waals surface area (Å²) in [5.74, 6) is -1.40. The third-order valence-electron chi connectivity index (χ3n) is 2.34. The van der Waals surface area contributed by atoms with E-state index in [2.05, 4.69) is 11.7 Å². The van der Waals surface area contributed by atoms with Gasteiger partial charge in [-0.15, -0.1) is 0 Å². The standard InChI is InChI=1S/C12H22O4/c1-2-3-4-5-6-7-8-9-11(14)16-12(15)10-13/h13H,2-10H2,1H3. The third kappa shape index (κ3) is 9.65. The number of aliphatic hydroxyl groups is 1. The van der Waals surface area contributed by atoms with Gasteiger partial charge in [-0.25, -0.2) is 4.79 Å². The normalized spacial score (nSPS) is 10.1. The molecule has 0 aromatic carbocycles. The van der Waals surface area contributed by atoms with Crippen LogP contribution in [0.2, 0.25) is 0 Å². The molecule has 16 heavy (non-hydrogen) atoms. The Labute approximate surface area is 97.0 Å². The van der Waals surface area contributed by atoms with E-state index in [1.807, 2.05) is 0 Å². The summed E-state index contributed by atoms with van der Waals surface area (Å²) in [5, 5.41) is 8.35. The number of esters is 2. The molecule has 0 amide bonds. The first kappa shape index (κ1) is 15.1. The second kappa shape index (κ2) is 10.6. The topological polar surface area (TPSA) is 63.6 Å². The van der Waals surface area contributed by atoms with E-state index in [0.29, 0.717) is 0 Å². The van der Waals surface area contributed by atoms with Gasteiger partial charge in [0.2, 0.25) is 0 Å². The fraction of sp³-hybridized carbons (Fsp3) is 0.833. The maximum atomic E-state index is 11.0. The summed E-state index contributed by atoms with van der Waals surface area (Å²) in [7, 11) is 0. The summed E-state index contributed by atoms with van der Waals surface area (Å²) in [6, 6.07) is 0. The number of carbonyl (C=O) groups excluding carboxylic acids is 2. The summed E-state index contributed by atoms with van der Waals surface area (Å²) < 4.78 is 4.32. The molecule has 0 spiro atoms. The van der Waals surface area contributed by atoms with Gasteiger partial charge >= 0.3 is 11.9 Å². The first-order valence-electron chi connectivity index (χ1n) is 6.05. The highest BCUT2D eigenvalue weighted by molar-refractivity contribution is 5.85. The Morgan fingerprint density at radius 1 is 0.938 bits per heavy atom. The van der Waals surface area contributed by atoms with Crippen molar-refractivity contribution in [2.45, 2.75) is 58.3 Å². The molecule has 0 unspecified atom stereocenters. The lowest BCUT2D eigenvalue weighted by Crippen LogP contribution is -2.14. The molecule has 4 nitrogen and oxygen atoms in total. The molecular formula is C12H22O4. The molecule has 0 heterocycles. The summed E-state index contributed by atoms with van der Waals surface area (Å²) in [6.45, 7) is 1.44. The number of ether oxygens (including phenoxy) is 1. The maximum absolute atomic E-state index is 11.0. The monoisotopic (exact) mass is 230 g/mol. The number of hydrogen-bond donors (Lipinski definition) is 1. The fourth-order valence-corrected chi connectivity index (χ4v) is 1.44. The number of aliphatic hydroxyl groups excluding tert-OH is 1. The second-order valence-corrected chi connectivity index (χ2v) is 3.88. The van der Waals surface area contributed by atoms with Crippen molar-refractivity contribution in [2.75, 3.05) is 6.61 Å². The highest BCUT2D eigenvalue weighted by Crippen LogP contribution is 2.08. The Hall–Kier alpha value is -0.900. The van der Waals surface area contributed by atoms with Crippen LogP contribution in [-0.2, 0) is 14.3 Å². The van der Waals surface area contributed by atoms with E-state index in [-0.39, 0.29) is 6.42 Å². The zero-order valence-electron chi connectivity index (χ0n) is 10.0. The van der Waals surface area contributed by atoms with Gasteiger partial charge in [0.1, 0.15) is 6.61 Å². The predicted octanol–water partition coefficient (Wildman–Crippen LogP) is 2.19. The molecule has 0 saturated heterocycles. The Balaban J connectivity index is 3.24. The van der Waals surface area contributed by atoms with E-state index in [1.165, 1.54) is 25.7 Å². The van der Waals surface area contributed by atoms with Crippen LogP contribution in [0.4, 0.5) is 0 Å². The average molecular weight is 230 g/mol. The molecule has 0 atom stereocenters. The third-order valence-corrected chi connectivity index (χ3v) is 2.34. The van der Waals surface area contributed by atoms with E-state index in [4.69, 9.17) is 5.11 Å².